The summed E-state index contributed by atoms with van der Waals surface area (Å²) in [5.74, 6) is 0.941. The van der Waals surface area contributed by atoms with Crippen molar-refractivity contribution in [2.24, 2.45) is 5.73 Å². The van der Waals surface area contributed by atoms with E-state index in [-0.39, 0.29) is 6.04 Å². The minimum atomic E-state index is 0.0218. The van der Waals surface area contributed by atoms with Crippen LogP contribution in [-0.4, -0.2) is 31.1 Å². The van der Waals surface area contributed by atoms with Gasteiger partial charge in [0.2, 0.25) is 0 Å². The van der Waals surface area contributed by atoms with Crippen LogP contribution in [0.1, 0.15) is 44.2 Å². The zero-order chi connectivity index (χ0) is 13.7. The van der Waals surface area contributed by atoms with E-state index in [9.17, 15) is 0 Å². The molecule has 0 aliphatic carbocycles. The van der Waals surface area contributed by atoms with Crippen molar-refractivity contribution >= 4 is 0 Å². The van der Waals surface area contributed by atoms with Crippen molar-refractivity contribution in [2.45, 2.75) is 44.7 Å². The fourth-order valence-electron chi connectivity index (χ4n) is 2.80. The van der Waals surface area contributed by atoms with E-state index in [0.29, 0.717) is 6.04 Å². The molecule has 106 valence electrons. The van der Waals surface area contributed by atoms with E-state index >= 15 is 0 Å². The van der Waals surface area contributed by atoms with E-state index in [1.165, 1.54) is 25.8 Å². The van der Waals surface area contributed by atoms with Gasteiger partial charge in [0.15, 0.2) is 0 Å². The van der Waals surface area contributed by atoms with Crippen LogP contribution in [-0.2, 0) is 0 Å². The number of hydrogen-bond acceptors (Lipinski definition) is 3. The normalized spacial score (nSPS) is 22.2. The van der Waals surface area contributed by atoms with Crippen molar-refractivity contribution in [1.29, 1.82) is 0 Å². The van der Waals surface area contributed by atoms with Crippen LogP contribution in [0.25, 0.3) is 0 Å². The average Bonchev–Trinajstić information content (AvgIpc) is 2.41. The van der Waals surface area contributed by atoms with Gasteiger partial charge in [-0.25, -0.2) is 0 Å². The Morgan fingerprint density at radius 2 is 2.16 bits per heavy atom. The van der Waals surface area contributed by atoms with Crippen molar-refractivity contribution in [1.82, 2.24) is 4.90 Å². The molecular formula is C16H26N2O. The molecule has 1 saturated heterocycles. The van der Waals surface area contributed by atoms with Crippen LogP contribution >= 0.6 is 0 Å². The summed E-state index contributed by atoms with van der Waals surface area (Å²) in [5.41, 5.74) is 7.06. The number of nitrogens with zero attached hydrogens (tertiary/aromatic N) is 1. The maximum Gasteiger partial charge on any atom is 0.124 e. The van der Waals surface area contributed by atoms with Gasteiger partial charge in [0.05, 0.1) is 6.61 Å². The Labute approximate surface area is 116 Å². The molecule has 0 spiro atoms. The Bertz CT molecular complexity index is 392. The number of ether oxygens (including phenoxy) is 1. The molecule has 0 bridgehead atoms. The second kappa shape index (κ2) is 6.92. The molecule has 3 nitrogen and oxygen atoms in total. The first-order valence-corrected chi connectivity index (χ1v) is 7.36. The molecule has 1 aliphatic rings. The summed E-state index contributed by atoms with van der Waals surface area (Å²) in [6.45, 7) is 4.00. The third kappa shape index (κ3) is 3.95. The highest BCUT2D eigenvalue weighted by Crippen LogP contribution is 2.24. The van der Waals surface area contributed by atoms with Crippen molar-refractivity contribution in [3.05, 3.63) is 29.8 Å². The van der Waals surface area contributed by atoms with Gasteiger partial charge in [-0.2, -0.15) is 0 Å². The third-order valence-corrected chi connectivity index (χ3v) is 4.04. The quantitative estimate of drug-likeness (QED) is 0.886. The summed E-state index contributed by atoms with van der Waals surface area (Å²) in [6, 6.07) is 8.79. The van der Waals surface area contributed by atoms with Gasteiger partial charge in [0, 0.05) is 17.6 Å². The van der Waals surface area contributed by atoms with Crippen molar-refractivity contribution in [2.75, 3.05) is 20.2 Å². The highest BCUT2D eigenvalue weighted by Gasteiger charge is 2.18. The molecule has 2 unspecified atom stereocenters. The number of para-hydroxylation sites is 1. The first-order chi connectivity index (χ1) is 9.18. The molecule has 2 atom stereocenters. The average molecular weight is 262 g/mol. The van der Waals surface area contributed by atoms with Crippen LogP contribution in [0, 0.1) is 0 Å². The Balaban J connectivity index is 1.85. The molecule has 2 rings (SSSR count). The van der Waals surface area contributed by atoms with E-state index in [1.54, 1.807) is 0 Å². The molecule has 1 aromatic carbocycles. The van der Waals surface area contributed by atoms with Crippen LogP contribution < -0.4 is 10.5 Å². The van der Waals surface area contributed by atoms with Crippen LogP contribution in [0.15, 0.2) is 24.3 Å². The Kier molecular flexibility index (Phi) is 5.23. The first-order valence-electron chi connectivity index (χ1n) is 7.36. The largest absolute Gasteiger partial charge is 0.493 e. The fourth-order valence-corrected chi connectivity index (χ4v) is 2.80. The van der Waals surface area contributed by atoms with Gasteiger partial charge in [-0.3, -0.25) is 0 Å². The van der Waals surface area contributed by atoms with Gasteiger partial charge < -0.3 is 15.4 Å². The van der Waals surface area contributed by atoms with E-state index in [2.05, 4.69) is 11.9 Å². The number of benzene rings is 1. The number of hydrogen-bond donors (Lipinski definition) is 1. The predicted molar refractivity (Wildman–Crippen MR) is 79.4 cm³/mol. The minimum Gasteiger partial charge on any atom is -0.493 e. The van der Waals surface area contributed by atoms with Gasteiger partial charge in [-0.1, -0.05) is 24.6 Å². The van der Waals surface area contributed by atoms with Crippen LogP contribution in [0.5, 0.6) is 5.75 Å². The van der Waals surface area contributed by atoms with Gasteiger partial charge in [-0.05, 0) is 45.8 Å². The molecule has 3 heteroatoms. The summed E-state index contributed by atoms with van der Waals surface area (Å²) in [7, 11) is 2.22. The second-order valence-electron chi connectivity index (χ2n) is 5.59. The Hall–Kier alpha value is -1.06. The standard InChI is InChI=1S/C16H26N2O/c1-13(17)15-8-3-4-9-16(15)19-12-10-14-7-5-6-11-18(14)2/h3-4,8-9,13-14H,5-7,10-12,17H2,1-2H3. The van der Waals surface area contributed by atoms with Gasteiger partial charge in [0.25, 0.3) is 0 Å². The molecule has 19 heavy (non-hydrogen) atoms. The lowest BCUT2D eigenvalue weighted by atomic mass is 10.0. The van der Waals surface area contributed by atoms with E-state index in [4.69, 9.17) is 10.5 Å². The topological polar surface area (TPSA) is 38.5 Å². The van der Waals surface area contributed by atoms with Gasteiger partial charge >= 0.3 is 0 Å². The fraction of sp³-hybridized carbons (Fsp3) is 0.625. The Morgan fingerprint density at radius 1 is 1.37 bits per heavy atom. The summed E-state index contributed by atoms with van der Waals surface area (Å²) in [5, 5.41) is 0. The molecule has 1 fully saturated rings. The summed E-state index contributed by atoms with van der Waals surface area (Å²) < 4.78 is 5.94. The first kappa shape index (κ1) is 14.4. The molecule has 0 radical (unpaired) electrons. The zero-order valence-electron chi connectivity index (χ0n) is 12.1. The maximum absolute atomic E-state index is 5.96. The van der Waals surface area contributed by atoms with Crippen LogP contribution in [0.4, 0.5) is 0 Å². The molecule has 0 amide bonds. The zero-order valence-corrected chi connectivity index (χ0v) is 12.1. The molecule has 0 saturated carbocycles. The lowest BCUT2D eigenvalue weighted by molar-refractivity contribution is 0.152. The molecule has 2 N–H and O–H groups in total. The molecule has 1 heterocycles. The second-order valence-corrected chi connectivity index (χ2v) is 5.59. The van der Waals surface area contributed by atoms with Gasteiger partial charge in [-0.15, -0.1) is 0 Å². The molecule has 0 aromatic heterocycles. The van der Waals surface area contributed by atoms with E-state index in [1.807, 2.05) is 31.2 Å². The highest BCUT2D eigenvalue weighted by molar-refractivity contribution is 5.35. The summed E-state index contributed by atoms with van der Waals surface area (Å²) in [4.78, 5) is 2.46. The third-order valence-electron chi connectivity index (χ3n) is 4.04. The number of piperidine rings is 1. The number of rotatable bonds is 5. The highest BCUT2D eigenvalue weighted by atomic mass is 16.5. The summed E-state index contributed by atoms with van der Waals surface area (Å²) in [6.07, 6.45) is 5.09. The van der Waals surface area contributed by atoms with Crippen molar-refractivity contribution < 1.29 is 4.74 Å². The van der Waals surface area contributed by atoms with Crippen molar-refractivity contribution in [3.8, 4) is 5.75 Å². The number of nitrogens with two attached hydrogens (primary N) is 1. The smallest absolute Gasteiger partial charge is 0.124 e. The lowest BCUT2D eigenvalue weighted by Crippen LogP contribution is -2.37. The van der Waals surface area contributed by atoms with Gasteiger partial charge in [0.1, 0.15) is 5.75 Å². The van der Waals surface area contributed by atoms with E-state index in [0.717, 1.165) is 24.3 Å². The maximum atomic E-state index is 5.96. The monoisotopic (exact) mass is 262 g/mol. The van der Waals surface area contributed by atoms with Crippen molar-refractivity contribution in [3.63, 3.8) is 0 Å². The van der Waals surface area contributed by atoms with Crippen LogP contribution in [0.2, 0.25) is 0 Å². The SMILES string of the molecule is CC(N)c1ccccc1OCCC1CCCCN1C. The Morgan fingerprint density at radius 3 is 2.89 bits per heavy atom. The lowest BCUT2D eigenvalue weighted by Gasteiger charge is -2.32. The molecule has 1 aromatic rings. The minimum absolute atomic E-state index is 0.0218. The number of likely N-dealkylation sites (tertiary alicyclic amines) is 1. The molecule has 1 aliphatic heterocycles. The molecular weight excluding hydrogens is 236 g/mol. The summed E-state index contributed by atoms with van der Waals surface area (Å²) >= 11 is 0. The predicted octanol–water partition coefficient (Wildman–Crippen LogP) is 2.96. The van der Waals surface area contributed by atoms with E-state index < -0.39 is 0 Å². The van der Waals surface area contributed by atoms with Crippen LogP contribution in [0.3, 0.4) is 0 Å².